The highest BCUT2D eigenvalue weighted by Gasteiger charge is 2.40. The zero-order valence-electron chi connectivity index (χ0n) is 11.1. The lowest BCUT2D eigenvalue weighted by molar-refractivity contribution is -0.153. The Bertz CT molecular complexity index is 618. The lowest BCUT2D eigenvalue weighted by atomic mass is 10.1. The fourth-order valence-corrected chi connectivity index (χ4v) is 1.80. The van der Waals surface area contributed by atoms with Crippen LogP contribution >= 0.6 is 0 Å². The molecule has 0 unspecified atom stereocenters. The number of morpholine rings is 1. The van der Waals surface area contributed by atoms with Crippen molar-refractivity contribution >= 4 is 5.91 Å². The summed E-state index contributed by atoms with van der Waals surface area (Å²) >= 11 is 0. The predicted molar refractivity (Wildman–Crippen MR) is 70.4 cm³/mol. The molecule has 1 aromatic rings. The van der Waals surface area contributed by atoms with Crippen molar-refractivity contribution in [2.24, 2.45) is 0 Å². The molecular weight excluding hydrogens is 278 g/mol. The highest BCUT2D eigenvalue weighted by molar-refractivity contribution is 5.87. The Kier molecular flexibility index (Phi) is 4.52. The normalized spacial score (nSPS) is 14.8. The van der Waals surface area contributed by atoms with Crippen LogP contribution in [0.4, 0.5) is 8.78 Å². The second kappa shape index (κ2) is 6.34. The van der Waals surface area contributed by atoms with Crippen molar-refractivity contribution < 1.29 is 18.3 Å². The van der Waals surface area contributed by atoms with Gasteiger partial charge in [0.15, 0.2) is 0 Å². The van der Waals surface area contributed by atoms with E-state index in [1.807, 2.05) is 6.07 Å². The lowest BCUT2D eigenvalue weighted by Crippen LogP contribution is -2.48. The summed E-state index contributed by atoms with van der Waals surface area (Å²) in [6, 6.07) is 7.79. The number of benzene rings is 1. The molecule has 1 saturated heterocycles. The van der Waals surface area contributed by atoms with Crippen molar-refractivity contribution in [1.82, 2.24) is 4.90 Å². The second-order valence-corrected chi connectivity index (χ2v) is 4.42. The van der Waals surface area contributed by atoms with Crippen LogP contribution in [0.25, 0.3) is 0 Å². The number of nitriles is 1. The molecule has 1 aromatic carbocycles. The molecule has 6 heteroatoms. The first-order chi connectivity index (χ1) is 10.0. The highest BCUT2D eigenvalue weighted by atomic mass is 19.3. The van der Waals surface area contributed by atoms with Crippen LogP contribution in [-0.4, -0.2) is 43.0 Å². The van der Waals surface area contributed by atoms with Crippen molar-refractivity contribution in [2.75, 3.05) is 26.3 Å². The third-order valence-corrected chi connectivity index (χ3v) is 2.94. The number of alkyl halides is 2. The van der Waals surface area contributed by atoms with Gasteiger partial charge in [-0.05, 0) is 30.2 Å². The van der Waals surface area contributed by atoms with E-state index in [0.29, 0.717) is 11.1 Å². The largest absolute Gasteiger partial charge is 0.385 e. The van der Waals surface area contributed by atoms with Gasteiger partial charge in [0.05, 0.1) is 24.8 Å². The number of halogens is 2. The Balaban J connectivity index is 2.10. The minimum absolute atomic E-state index is 0.146. The summed E-state index contributed by atoms with van der Waals surface area (Å²) in [5.41, 5.74) is 0.736. The fourth-order valence-electron chi connectivity index (χ4n) is 1.80. The van der Waals surface area contributed by atoms with E-state index in [1.165, 1.54) is 24.3 Å². The van der Waals surface area contributed by atoms with Crippen molar-refractivity contribution in [3.8, 4) is 17.9 Å². The predicted octanol–water partition coefficient (Wildman–Crippen LogP) is 1.40. The van der Waals surface area contributed by atoms with E-state index in [4.69, 9.17) is 10.00 Å². The molecule has 0 aromatic heterocycles. The maximum Gasteiger partial charge on any atom is 0.385 e. The van der Waals surface area contributed by atoms with Gasteiger partial charge in [-0.25, -0.2) is 0 Å². The summed E-state index contributed by atoms with van der Waals surface area (Å²) in [5, 5.41) is 8.64. The van der Waals surface area contributed by atoms with Crippen LogP contribution in [0.5, 0.6) is 0 Å². The van der Waals surface area contributed by atoms with Gasteiger partial charge in [-0.2, -0.15) is 14.0 Å². The summed E-state index contributed by atoms with van der Waals surface area (Å²) in [5.74, 6) is -1.05. The van der Waals surface area contributed by atoms with E-state index in [0.717, 1.165) is 4.90 Å². The first-order valence-electron chi connectivity index (χ1n) is 6.31. The first-order valence-corrected chi connectivity index (χ1v) is 6.31. The van der Waals surface area contributed by atoms with E-state index >= 15 is 0 Å². The Labute approximate surface area is 120 Å². The lowest BCUT2D eigenvalue weighted by Gasteiger charge is -2.28. The number of carbonyl (C=O) groups excluding carboxylic acids is 1. The molecule has 1 aliphatic rings. The van der Waals surface area contributed by atoms with Gasteiger partial charge in [0.25, 0.3) is 0 Å². The number of hydrogen-bond donors (Lipinski definition) is 0. The van der Waals surface area contributed by atoms with E-state index in [-0.39, 0.29) is 26.3 Å². The second-order valence-electron chi connectivity index (χ2n) is 4.42. The Hall–Kier alpha value is -2.44. The molecule has 2 rings (SSSR count). The molecule has 4 nitrogen and oxygen atoms in total. The van der Waals surface area contributed by atoms with Gasteiger partial charge in [0, 0.05) is 18.7 Å². The van der Waals surface area contributed by atoms with E-state index in [9.17, 15) is 13.6 Å². The number of carbonyl (C=O) groups is 1. The molecule has 0 radical (unpaired) electrons. The molecule has 108 valence electrons. The molecule has 1 amide bonds. The van der Waals surface area contributed by atoms with E-state index in [2.05, 4.69) is 5.92 Å². The van der Waals surface area contributed by atoms with E-state index in [1.54, 1.807) is 5.92 Å². The number of rotatable bonds is 1. The van der Waals surface area contributed by atoms with Crippen LogP contribution in [0.2, 0.25) is 0 Å². The molecule has 0 spiro atoms. The van der Waals surface area contributed by atoms with Crippen LogP contribution in [0.1, 0.15) is 11.1 Å². The number of amides is 1. The minimum atomic E-state index is -3.73. The maximum atomic E-state index is 13.8. The molecule has 1 heterocycles. The molecule has 0 saturated carbocycles. The summed E-state index contributed by atoms with van der Waals surface area (Å²) in [6.45, 7) is 0.801. The minimum Gasteiger partial charge on any atom is -0.378 e. The van der Waals surface area contributed by atoms with Gasteiger partial charge in [0.1, 0.15) is 0 Å². The third-order valence-electron chi connectivity index (χ3n) is 2.94. The quantitative estimate of drug-likeness (QED) is 0.735. The Morgan fingerprint density at radius 1 is 1.19 bits per heavy atom. The SMILES string of the molecule is N#Cc1ccc(C#CC(F)(F)C(=O)N2CCOCC2)cc1. The standard InChI is InChI=1S/C15H12F2N2O2/c16-15(17,14(20)19-7-9-21-10-8-19)6-5-12-1-3-13(11-18)4-2-12/h1-4H,7-10H2. The molecule has 0 atom stereocenters. The average molecular weight is 290 g/mol. The molecule has 0 aliphatic carbocycles. The van der Waals surface area contributed by atoms with Gasteiger partial charge in [-0.1, -0.05) is 5.92 Å². The van der Waals surface area contributed by atoms with Gasteiger partial charge in [0.2, 0.25) is 0 Å². The van der Waals surface area contributed by atoms with Gasteiger partial charge in [-0.15, -0.1) is 0 Å². The van der Waals surface area contributed by atoms with Gasteiger partial charge >= 0.3 is 11.8 Å². The third kappa shape index (κ3) is 3.77. The van der Waals surface area contributed by atoms with Crippen LogP contribution in [0.15, 0.2) is 24.3 Å². The Morgan fingerprint density at radius 2 is 1.76 bits per heavy atom. The van der Waals surface area contributed by atoms with Crippen molar-refractivity contribution in [1.29, 1.82) is 5.26 Å². The number of nitrogens with zero attached hydrogens (tertiary/aromatic N) is 2. The van der Waals surface area contributed by atoms with Crippen LogP contribution in [-0.2, 0) is 9.53 Å². The topological polar surface area (TPSA) is 53.3 Å². The van der Waals surface area contributed by atoms with Crippen LogP contribution in [0.3, 0.4) is 0 Å². The summed E-state index contributed by atoms with van der Waals surface area (Å²) in [4.78, 5) is 12.8. The van der Waals surface area contributed by atoms with Gasteiger partial charge in [-0.3, -0.25) is 4.79 Å². The first kappa shape index (κ1) is 15.0. The smallest absolute Gasteiger partial charge is 0.378 e. The summed E-state index contributed by atoms with van der Waals surface area (Å²) < 4.78 is 32.6. The average Bonchev–Trinajstić information content (AvgIpc) is 2.53. The van der Waals surface area contributed by atoms with E-state index < -0.39 is 11.8 Å². The zero-order valence-corrected chi connectivity index (χ0v) is 11.1. The molecule has 0 bridgehead atoms. The fraction of sp³-hybridized carbons (Fsp3) is 0.333. The van der Waals surface area contributed by atoms with Crippen molar-refractivity contribution in [2.45, 2.75) is 5.92 Å². The summed E-state index contributed by atoms with van der Waals surface area (Å²) in [7, 11) is 0. The number of ether oxygens (including phenoxy) is 1. The van der Waals surface area contributed by atoms with Crippen molar-refractivity contribution in [3.05, 3.63) is 35.4 Å². The molecule has 21 heavy (non-hydrogen) atoms. The molecule has 1 aliphatic heterocycles. The van der Waals surface area contributed by atoms with Crippen LogP contribution < -0.4 is 0 Å². The van der Waals surface area contributed by atoms with Gasteiger partial charge < -0.3 is 9.64 Å². The highest BCUT2D eigenvalue weighted by Crippen LogP contribution is 2.17. The molecule has 1 fully saturated rings. The van der Waals surface area contributed by atoms with Crippen molar-refractivity contribution in [3.63, 3.8) is 0 Å². The maximum absolute atomic E-state index is 13.8. The summed E-state index contributed by atoms with van der Waals surface area (Å²) in [6.07, 6.45) is 0. The number of hydrogen-bond acceptors (Lipinski definition) is 3. The monoisotopic (exact) mass is 290 g/mol. The molecule has 0 N–H and O–H groups in total. The Morgan fingerprint density at radius 3 is 2.33 bits per heavy atom. The zero-order chi connectivity index (χ0) is 15.3. The molecular formula is C15H12F2N2O2. The van der Waals surface area contributed by atoms with Crippen LogP contribution in [0, 0.1) is 23.2 Å².